The Morgan fingerprint density at radius 1 is 1.03 bits per heavy atom. The highest BCUT2D eigenvalue weighted by Gasteiger charge is 2.20. The molecule has 4 aromatic rings. The lowest BCUT2D eigenvalue weighted by molar-refractivity contribution is -0.384. The van der Waals surface area contributed by atoms with Gasteiger partial charge in [0.1, 0.15) is 5.69 Å². The number of ether oxygens (including phenoxy) is 2. The van der Waals surface area contributed by atoms with Crippen molar-refractivity contribution in [1.82, 2.24) is 15.1 Å². The molecule has 0 saturated heterocycles. The minimum atomic E-state index is -0.495. The van der Waals surface area contributed by atoms with Crippen LogP contribution in [0.25, 0.3) is 16.9 Å². The van der Waals surface area contributed by atoms with Crippen molar-refractivity contribution in [2.75, 3.05) is 20.8 Å². The van der Waals surface area contributed by atoms with E-state index in [0.717, 1.165) is 5.56 Å². The number of non-ortho nitro benzene ring substituents is 1. The van der Waals surface area contributed by atoms with Gasteiger partial charge in [0.2, 0.25) is 0 Å². The Kier molecular flexibility index (Phi) is 7.50. The first kappa shape index (κ1) is 24.7. The van der Waals surface area contributed by atoms with E-state index in [9.17, 15) is 14.9 Å². The molecule has 184 valence electrons. The van der Waals surface area contributed by atoms with E-state index in [4.69, 9.17) is 21.1 Å². The zero-order valence-electron chi connectivity index (χ0n) is 19.6. The van der Waals surface area contributed by atoms with Crippen LogP contribution in [0.15, 0.2) is 72.8 Å². The van der Waals surface area contributed by atoms with Crippen molar-refractivity contribution in [3.05, 3.63) is 99.2 Å². The third-order valence-corrected chi connectivity index (χ3v) is 5.85. The molecule has 0 unspecified atom stereocenters. The molecule has 0 aliphatic heterocycles. The lowest BCUT2D eigenvalue weighted by atomic mass is 10.1. The zero-order valence-corrected chi connectivity index (χ0v) is 20.4. The lowest BCUT2D eigenvalue weighted by Gasteiger charge is -2.11. The summed E-state index contributed by atoms with van der Waals surface area (Å²) in [6, 6.07) is 20.3. The highest BCUT2D eigenvalue weighted by Crippen LogP contribution is 2.29. The molecule has 1 N–H and O–H groups in total. The van der Waals surface area contributed by atoms with E-state index < -0.39 is 4.92 Å². The number of nitro groups is 1. The smallest absolute Gasteiger partial charge is 0.271 e. The van der Waals surface area contributed by atoms with Crippen molar-refractivity contribution in [2.24, 2.45) is 0 Å². The van der Waals surface area contributed by atoms with Gasteiger partial charge in [-0.05, 0) is 42.3 Å². The van der Waals surface area contributed by atoms with Gasteiger partial charge in [-0.2, -0.15) is 5.10 Å². The van der Waals surface area contributed by atoms with Crippen LogP contribution in [-0.4, -0.2) is 41.4 Å². The number of amides is 1. The maximum Gasteiger partial charge on any atom is 0.271 e. The summed E-state index contributed by atoms with van der Waals surface area (Å²) in [4.78, 5) is 24.0. The van der Waals surface area contributed by atoms with E-state index in [1.807, 2.05) is 24.3 Å². The fourth-order valence-corrected chi connectivity index (χ4v) is 3.96. The summed E-state index contributed by atoms with van der Waals surface area (Å²) in [6.45, 7) is 0.343. The van der Waals surface area contributed by atoms with Gasteiger partial charge in [0.25, 0.3) is 11.6 Å². The van der Waals surface area contributed by atoms with Crippen LogP contribution in [-0.2, 0) is 6.42 Å². The topological polar surface area (TPSA) is 109 Å². The van der Waals surface area contributed by atoms with Crippen molar-refractivity contribution < 1.29 is 19.2 Å². The number of rotatable bonds is 9. The van der Waals surface area contributed by atoms with E-state index >= 15 is 0 Å². The Labute approximate surface area is 212 Å². The number of nitro benzene ring substituents is 1. The molecule has 10 heteroatoms. The second kappa shape index (κ2) is 10.9. The number of carbonyl (C=O) groups excluding carboxylic acids is 1. The number of halogens is 1. The second-order valence-electron chi connectivity index (χ2n) is 7.78. The maximum absolute atomic E-state index is 13.2. The Balaban J connectivity index is 1.62. The summed E-state index contributed by atoms with van der Waals surface area (Å²) in [5.41, 5.74) is 2.56. The number of carbonyl (C=O) groups is 1. The fourth-order valence-electron chi connectivity index (χ4n) is 3.73. The number of benzene rings is 3. The molecule has 1 amide bonds. The molecular weight excluding hydrogens is 484 g/mol. The van der Waals surface area contributed by atoms with Crippen molar-refractivity contribution in [1.29, 1.82) is 0 Å². The van der Waals surface area contributed by atoms with E-state index in [1.54, 1.807) is 50.6 Å². The number of hydrogen-bond acceptors (Lipinski definition) is 6. The molecule has 0 saturated carbocycles. The van der Waals surface area contributed by atoms with Crippen molar-refractivity contribution in [3.63, 3.8) is 0 Å². The second-order valence-corrected chi connectivity index (χ2v) is 8.19. The van der Waals surface area contributed by atoms with Crippen LogP contribution < -0.4 is 14.8 Å². The predicted molar refractivity (Wildman–Crippen MR) is 136 cm³/mol. The van der Waals surface area contributed by atoms with E-state index in [-0.39, 0.29) is 17.3 Å². The van der Waals surface area contributed by atoms with Crippen LogP contribution in [0, 0.1) is 10.1 Å². The molecule has 36 heavy (non-hydrogen) atoms. The molecule has 0 spiro atoms. The predicted octanol–water partition coefficient (Wildman–Crippen LogP) is 5.09. The average Bonchev–Trinajstić information content (AvgIpc) is 3.34. The molecular formula is C26H23ClN4O5. The highest BCUT2D eigenvalue weighted by molar-refractivity contribution is 6.33. The quantitative estimate of drug-likeness (QED) is 0.250. The van der Waals surface area contributed by atoms with E-state index in [2.05, 4.69) is 10.4 Å². The van der Waals surface area contributed by atoms with Crippen LogP contribution in [0.2, 0.25) is 5.02 Å². The molecule has 4 rings (SSSR count). The average molecular weight is 507 g/mol. The molecule has 3 aromatic carbocycles. The van der Waals surface area contributed by atoms with Gasteiger partial charge in [-0.25, -0.2) is 4.68 Å². The summed E-state index contributed by atoms with van der Waals surface area (Å²) >= 11 is 6.35. The molecule has 0 radical (unpaired) electrons. The fraction of sp³-hybridized carbons (Fsp3) is 0.154. The number of nitrogens with zero attached hydrogens (tertiary/aromatic N) is 3. The number of aromatic nitrogens is 2. The zero-order chi connectivity index (χ0) is 25.7. The molecule has 1 aromatic heterocycles. The highest BCUT2D eigenvalue weighted by atomic mass is 35.5. The summed E-state index contributed by atoms with van der Waals surface area (Å²) in [6.07, 6.45) is 0.550. The van der Waals surface area contributed by atoms with Gasteiger partial charge in [0, 0.05) is 24.2 Å². The van der Waals surface area contributed by atoms with Gasteiger partial charge < -0.3 is 14.8 Å². The largest absolute Gasteiger partial charge is 0.493 e. The Morgan fingerprint density at radius 2 is 1.81 bits per heavy atom. The first-order valence-electron chi connectivity index (χ1n) is 11.0. The molecule has 0 aliphatic carbocycles. The Hall–Kier alpha value is -4.37. The van der Waals surface area contributed by atoms with Crippen LogP contribution in [0.5, 0.6) is 11.5 Å². The van der Waals surface area contributed by atoms with Gasteiger partial charge in [-0.1, -0.05) is 41.9 Å². The van der Waals surface area contributed by atoms with Crippen molar-refractivity contribution >= 4 is 23.2 Å². The van der Waals surface area contributed by atoms with E-state index in [0.29, 0.717) is 46.4 Å². The standard InChI is InChI=1S/C26H23ClN4O5/c1-35-24-11-10-17(14-25(24)36-2)12-13-28-26(32)23-16-22(20-8-3-4-9-21(20)27)29-30(23)18-6-5-7-19(15-18)31(33)34/h3-11,14-16H,12-13H2,1-2H3,(H,28,32). The normalized spacial score (nSPS) is 10.6. The van der Waals surface area contributed by atoms with E-state index in [1.165, 1.54) is 16.8 Å². The van der Waals surface area contributed by atoms with Gasteiger partial charge >= 0.3 is 0 Å². The van der Waals surface area contributed by atoms with Crippen molar-refractivity contribution in [2.45, 2.75) is 6.42 Å². The van der Waals surface area contributed by atoms with Crippen LogP contribution in [0.1, 0.15) is 16.1 Å². The maximum atomic E-state index is 13.2. The minimum absolute atomic E-state index is 0.109. The number of hydrogen-bond donors (Lipinski definition) is 1. The monoisotopic (exact) mass is 506 g/mol. The van der Waals surface area contributed by atoms with Crippen LogP contribution >= 0.6 is 11.6 Å². The molecule has 0 atom stereocenters. The summed E-state index contributed by atoms with van der Waals surface area (Å²) in [7, 11) is 3.13. The van der Waals surface area contributed by atoms with Gasteiger partial charge in [0.15, 0.2) is 11.5 Å². The Bertz CT molecular complexity index is 1420. The van der Waals surface area contributed by atoms with Crippen LogP contribution in [0.3, 0.4) is 0 Å². The third-order valence-electron chi connectivity index (χ3n) is 5.52. The molecule has 0 fully saturated rings. The molecule has 1 heterocycles. The molecule has 0 aliphatic rings. The molecule has 0 bridgehead atoms. The minimum Gasteiger partial charge on any atom is -0.493 e. The van der Waals surface area contributed by atoms with Gasteiger partial charge in [-0.3, -0.25) is 14.9 Å². The number of methoxy groups -OCH3 is 2. The SMILES string of the molecule is COc1ccc(CCNC(=O)c2cc(-c3ccccc3Cl)nn2-c2cccc([N+](=O)[O-])c2)cc1OC. The number of nitrogens with one attached hydrogen (secondary N) is 1. The first-order valence-corrected chi connectivity index (χ1v) is 11.4. The summed E-state index contributed by atoms with van der Waals surface area (Å²) in [5.74, 6) is 0.848. The summed E-state index contributed by atoms with van der Waals surface area (Å²) < 4.78 is 12.0. The van der Waals surface area contributed by atoms with Crippen LogP contribution in [0.4, 0.5) is 5.69 Å². The lowest BCUT2D eigenvalue weighted by Crippen LogP contribution is -2.27. The van der Waals surface area contributed by atoms with Crippen molar-refractivity contribution in [3.8, 4) is 28.4 Å². The van der Waals surface area contributed by atoms with Gasteiger partial charge in [-0.15, -0.1) is 0 Å². The Morgan fingerprint density at radius 3 is 2.53 bits per heavy atom. The molecule has 9 nitrogen and oxygen atoms in total. The van der Waals surface area contributed by atoms with Gasteiger partial charge in [0.05, 0.1) is 35.5 Å². The summed E-state index contributed by atoms with van der Waals surface area (Å²) in [5, 5.41) is 19.2. The third kappa shape index (κ3) is 5.31. The first-order chi connectivity index (χ1) is 17.4.